The van der Waals surface area contributed by atoms with E-state index in [1.807, 2.05) is 18.2 Å². The molecule has 1 heterocycles. The molecule has 2 aromatic rings. The molecule has 1 aromatic carbocycles. The average molecular weight is 296 g/mol. The van der Waals surface area contributed by atoms with E-state index >= 15 is 0 Å². The molecular formula is C12H10BrNO3. The molecule has 0 saturated carbocycles. The number of fused-ring (bicyclic) bond motifs is 1. The Labute approximate surface area is 106 Å². The number of carbonyl (C=O) groups excluding carboxylic acids is 2. The standard InChI is InChI=1S/C12H10BrNO3/c1-17-11(16)5-10(15)8-6-14-12-7(8)3-2-4-9(12)13/h2-4,6,14H,5H2,1H3. The molecule has 0 spiro atoms. The Kier molecular flexibility index (Phi) is 3.28. The number of carbonyl (C=O) groups is 2. The number of ether oxygens (including phenoxy) is 1. The lowest BCUT2D eigenvalue weighted by Gasteiger charge is -1.99. The van der Waals surface area contributed by atoms with Gasteiger partial charge in [0.2, 0.25) is 0 Å². The molecule has 1 N–H and O–H groups in total. The second-order valence-electron chi connectivity index (χ2n) is 3.54. The van der Waals surface area contributed by atoms with Crippen LogP contribution in [0, 0.1) is 0 Å². The number of benzene rings is 1. The molecule has 17 heavy (non-hydrogen) atoms. The molecule has 0 amide bonds. The molecule has 2 rings (SSSR count). The van der Waals surface area contributed by atoms with Gasteiger partial charge in [0.1, 0.15) is 6.42 Å². The van der Waals surface area contributed by atoms with Gasteiger partial charge >= 0.3 is 5.97 Å². The minimum absolute atomic E-state index is 0.240. The van der Waals surface area contributed by atoms with Crippen molar-refractivity contribution >= 4 is 38.6 Å². The highest BCUT2D eigenvalue weighted by Gasteiger charge is 2.16. The lowest BCUT2D eigenvalue weighted by molar-refractivity contribution is -0.139. The van der Waals surface area contributed by atoms with Gasteiger partial charge in [0, 0.05) is 21.6 Å². The summed E-state index contributed by atoms with van der Waals surface area (Å²) >= 11 is 3.39. The maximum absolute atomic E-state index is 11.9. The summed E-state index contributed by atoms with van der Waals surface area (Å²) in [5.74, 6) is -0.777. The van der Waals surface area contributed by atoms with Gasteiger partial charge in [-0.3, -0.25) is 9.59 Å². The number of esters is 1. The number of H-pyrrole nitrogens is 1. The minimum Gasteiger partial charge on any atom is -0.469 e. The first-order valence-electron chi connectivity index (χ1n) is 4.99. The number of hydrogen-bond acceptors (Lipinski definition) is 3. The summed E-state index contributed by atoms with van der Waals surface area (Å²) in [6.07, 6.45) is 1.37. The highest BCUT2D eigenvalue weighted by Crippen LogP contribution is 2.26. The SMILES string of the molecule is COC(=O)CC(=O)c1c[nH]c2c(Br)cccc12. The summed E-state index contributed by atoms with van der Waals surface area (Å²) in [5.41, 5.74) is 1.35. The highest BCUT2D eigenvalue weighted by atomic mass is 79.9. The van der Waals surface area contributed by atoms with Gasteiger partial charge in [0.25, 0.3) is 0 Å². The smallest absolute Gasteiger partial charge is 0.313 e. The maximum atomic E-state index is 11.9. The van der Waals surface area contributed by atoms with Crippen LogP contribution in [0.15, 0.2) is 28.9 Å². The van der Waals surface area contributed by atoms with Crippen LogP contribution in [-0.2, 0) is 9.53 Å². The Bertz CT molecular complexity index is 588. The van der Waals surface area contributed by atoms with Gasteiger partial charge in [-0.2, -0.15) is 0 Å². The minimum atomic E-state index is -0.528. The van der Waals surface area contributed by atoms with Crippen molar-refractivity contribution in [1.82, 2.24) is 4.98 Å². The van der Waals surface area contributed by atoms with Crippen molar-refractivity contribution in [2.75, 3.05) is 7.11 Å². The number of Topliss-reactive ketones (excluding diaryl/α,β-unsaturated/α-hetero) is 1. The molecule has 0 saturated heterocycles. The van der Waals surface area contributed by atoms with Crippen LogP contribution in [0.3, 0.4) is 0 Å². The molecule has 0 atom stereocenters. The number of hydrogen-bond donors (Lipinski definition) is 1. The van der Waals surface area contributed by atoms with Crippen LogP contribution in [0.2, 0.25) is 0 Å². The van der Waals surface area contributed by atoms with Crippen molar-refractivity contribution in [2.24, 2.45) is 0 Å². The van der Waals surface area contributed by atoms with E-state index in [2.05, 4.69) is 25.7 Å². The largest absolute Gasteiger partial charge is 0.469 e. The number of para-hydroxylation sites is 1. The molecule has 4 nitrogen and oxygen atoms in total. The van der Waals surface area contributed by atoms with Crippen LogP contribution < -0.4 is 0 Å². The van der Waals surface area contributed by atoms with Crippen LogP contribution in [0.4, 0.5) is 0 Å². The Morgan fingerprint density at radius 1 is 1.41 bits per heavy atom. The van der Waals surface area contributed by atoms with E-state index in [1.165, 1.54) is 7.11 Å². The van der Waals surface area contributed by atoms with Crippen molar-refractivity contribution < 1.29 is 14.3 Å². The van der Waals surface area contributed by atoms with E-state index < -0.39 is 5.97 Å². The Hall–Kier alpha value is -1.62. The van der Waals surface area contributed by atoms with Crippen LogP contribution in [0.1, 0.15) is 16.8 Å². The molecule has 88 valence electrons. The first kappa shape index (κ1) is 11.9. The molecule has 0 bridgehead atoms. The third kappa shape index (κ3) is 2.24. The summed E-state index contributed by atoms with van der Waals surface area (Å²) < 4.78 is 5.36. The number of aromatic amines is 1. The molecule has 0 aliphatic rings. The lowest BCUT2D eigenvalue weighted by atomic mass is 10.1. The topological polar surface area (TPSA) is 59.2 Å². The van der Waals surface area contributed by atoms with Gasteiger partial charge in [0.15, 0.2) is 5.78 Å². The molecule has 0 aliphatic heterocycles. The summed E-state index contributed by atoms with van der Waals surface area (Å²) in [5, 5.41) is 0.799. The zero-order valence-electron chi connectivity index (χ0n) is 9.12. The molecular weight excluding hydrogens is 286 g/mol. The third-order valence-corrected chi connectivity index (χ3v) is 3.16. The van der Waals surface area contributed by atoms with Crippen molar-refractivity contribution in [3.8, 4) is 0 Å². The van der Waals surface area contributed by atoms with Gasteiger partial charge in [-0.05, 0) is 22.0 Å². The van der Waals surface area contributed by atoms with Gasteiger partial charge in [-0.1, -0.05) is 12.1 Å². The van der Waals surface area contributed by atoms with E-state index in [9.17, 15) is 9.59 Å². The maximum Gasteiger partial charge on any atom is 0.313 e. The molecule has 5 heteroatoms. The predicted molar refractivity (Wildman–Crippen MR) is 67.0 cm³/mol. The second-order valence-corrected chi connectivity index (χ2v) is 4.40. The van der Waals surface area contributed by atoms with Crippen LogP contribution >= 0.6 is 15.9 Å². The molecule has 0 unspecified atom stereocenters. The monoisotopic (exact) mass is 295 g/mol. The zero-order chi connectivity index (χ0) is 12.4. The fraction of sp³-hybridized carbons (Fsp3) is 0.167. The number of methoxy groups -OCH3 is 1. The van der Waals surface area contributed by atoms with Crippen LogP contribution in [0.25, 0.3) is 10.9 Å². The van der Waals surface area contributed by atoms with Crippen molar-refractivity contribution in [1.29, 1.82) is 0 Å². The Balaban J connectivity index is 2.40. The van der Waals surface area contributed by atoms with Crippen LogP contribution in [0.5, 0.6) is 0 Å². The Morgan fingerprint density at radius 2 is 2.18 bits per heavy atom. The van der Waals surface area contributed by atoms with Crippen LogP contribution in [-0.4, -0.2) is 23.8 Å². The first-order valence-corrected chi connectivity index (χ1v) is 5.78. The van der Waals surface area contributed by atoms with E-state index in [4.69, 9.17) is 0 Å². The number of halogens is 1. The average Bonchev–Trinajstić information content (AvgIpc) is 2.74. The normalized spacial score (nSPS) is 10.5. The molecule has 0 radical (unpaired) electrons. The van der Waals surface area contributed by atoms with Crippen molar-refractivity contribution in [3.05, 3.63) is 34.4 Å². The summed E-state index contributed by atoms with van der Waals surface area (Å²) in [6, 6.07) is 5.56. The number of aromatic nitrogens is 1. The van der Waals surface area contributed by atoms with Gasteiger partial charge in [-0.25, -0.2) is 0 Å². The zero-order valence-corrected chi connectivity index (χ0v) is 10.7. The fourth-order valence-electron chi connectivity index (χ4n) is 1.65. The number of ketones is 1. The van der Waals surface area contributed by atoms with Gasteiger partial charge in [0.05, 0.1) is 12.6 Å². The first-order chi connectivity index (χ1) is 8.13. The third-order valence-electron chi connectivity index (χ3n) is 2.50. The Morgan fingerprint density at radius 3 is 2.88 bits per heavy atom. The predicted octanol–water partition coefficient (Wildman–Crippen LogP) is 2.68. The van der Waals surface area contributed by atoms with E-state index in [0.29, 0.717) is 5.56 Å². The highest BCUT2D eigenvalue weighted by molar-refractivity contribution is 9.10. The van der Waals surface area contributed by atoms with E-state index in [0.717, 1.165) is 15.4 Å². The molecule has 0 aliphatic carbocycles. The van der Waals surface area contributed by atoms with Crippen molar-refractivity contribution in [2.45, 2.75) is 6.42 Å². The fourth-order valence-corrected chi connectivity index (χ4v) is 2.13. The lowest BCUT2D eigenvalue weighted by Crippen LogP contribution is -2.08. The molecule has 0 fully saturated rings. The number of nitrogens with one attached hydrogen (secondary N) is 1. The van der Waals surface area contributed by atoms with E-state index in [-0.39, 0.29) is 12.2 Å². The number of rotatable bonds is 3. The van der Waals surface area contributed by atoms with Gasteiger partial charge in [-0.15, -0.1) is 0 Å². The summed E-state index contributed by atoms with van der Waals surface area (Å²) in [4.78, 5) is 25.9. The van der Waals surface area contributed by atoms with Gasteiger partial charge < -0.3 is 9.72 Å². The summed E-state index contributed by atoms with van der Waals surface area (Å²) in [7, 11) is 1.27. The van der Waals surface area contributed by atoms with E-state index in [1.54, 1.807) is 6.20 Å². The second kappa shape index (κ2) is 4.71. The quantitative estimate of drug-likeness (QED) is 0.538. The summed E-state index contributed by atoms with van der Waals surface area (Å²) in [6.45, 7) is 0. The molecule has 1 aromatic heterocycles. The van der Waals surface area contributed by atoms with Crippen molar-refractivity contribution in [3.63, 3.8) is 0 Å².